The van der Waals surface area contributed by atoms with E-state index in [1.54, 1.807) is 6.20 Å². The fourth-order valence-electron chi connectivity index (χ4n) is 5.04. The van der Waals surface area contributed by atoms with Crippen molar-refractivity contribution >= 4 is 24.8 Å². The molecular formula is C24H42NO13P3Y3. The fourth-order valence-corrected chi connectivity index (χ4v) is 7.42. The van der Waals surface area contributed by atoms with Crippen LogP contribution in [0.15, 0.2) is 18.5 Å². The molecule has 20 heteroatoms. The first-order valence-corrected chi connectivity index (χ1v) is 17.6. The zero-order valence-corrected chi connectivity index (χ0v) is 36.7. The Hall–Kier alpha value is 2.88. The first-order chi connectivity index (χ1) is 19.7. The van der Waals surface area contributed by atoms with Gasteiger partial charge in [0, 0.05) is 130 Å². The van der Waals surface area contributed by atoms with Crippen molar-refractivity contribution in [2.24, 2.45) is 0 Å². The van der Waals surface area contributed by atoms with Gasteiger partial charge in [-0.05, 0) is 38.8 Å². The Morgan fingerprint density at radius 1 is 0.750 bits per heavy atom. The van der Waals surface area contributed by atoms with Crippen LogP contribution in [0.25, 0.3) is 0 Å². The van der Waals surface area contributed by atoms with E-state index in [9.17, 15) is 18.8 Å². The Bertz CT molecular complexity index is 1020. The van der Waals surface area contributed by atoms with Crippen LogP contribution in [0.5, 0.6) is 0 Å². The smallest absolute Gasteiger partial charge is 0.319 e. The van der Waals surface area contributed by atoms with Crippen LogP contribution >= 0.6 is 24.8 Å². The second kappa shape index (κ2) is 23.4. The quantitative estimate of drug-likeness (QED) is 0.218. The van der Waals surface area contributed by atoms with Gasteiger partial charge in [-0.3, -0.25) is 13.7 Å². The standard InChI is InChI=1S/C24H42NO13P3.3Y/c1-15-8-19(26)22(34-15)12-32-40(28)37-21-10-17(3)36-24(21)14-33-41(29)38-20-9-16(2)35-23(20)13-31-39(27)30-7-5-18-4-6-25-11-18;;;/h4,6,11,15-17,19-26,39-41H,5,7-10,12-14H2,1-3H3;;;/t15-,16-,17-,19+,20+,21+,22+,23+,24+;;;/m0.../s1. The second-order valence-electron chi connectivity index (χ2n) is 10.5. The Kier molecular flexibility index (Phi) is 23.9. The summed E-state index contributed by atoms with van der Waals surface area (Å²) in [7, 11) is -8.60. The van der Waals surface area contributed by atoms with E-state index < -0.39 is 61.4 Å². The Morgan fingerprint density at radius 2 is 1.23 bits per heavy atom. The summed E-state index contributed by atoms with van der Waals surface area (Å²) in [6.45, 7) is 5.61. The molecule has 3 radical (unpaired) electrons. The van der Waals surface area contributed by atoms with Crippen LogP contribution in [0.3, 0.4) is 0 Å². The van der Waals surface area contributed by atoms with Crippen LogP contribution in [0.1, 0.15) is 45.6 Å². The van der Waals surface area contributed by atoms with E-state index in [-0.39, 0.29) is 143 Å². The van der Waals surface area contributed by atoms with E-state index in [4.69, 9.17) is 41.4 Å². The number of aliphatic hydroxyl groups is 1. The van der Waals surface area contributed by atoms with Gasteiger partial charge in [0.2, 0.25) is 0 Å². The average molecular weight is 912 g/mol. The zero-order chi connectivity index (χ0) is 29.4. The van der Waals surface area contributed by atoms with E-state index in [1.807, 2.05) is 33.0 Å². The maximum absolute atomic E-state index is 12.7. The number of nitrogens with one attached hydrogen (secondary N) is 1. The molecule has 3 unspecified atom stereocenters. The molecule has 3 aliphatic rings. The monoisotopic (exact) mass is 912 g/mol. The van der Waals surface area contributed by atoms with E-state index >= 15 is 0 Å². The van der Waals surface area contributed by atoms with Gasteiger partial charge in [0.25, 0.3) is 0 Å². The summed E-state index contributed by atoms with van der Waals surface area (Å²) in [6, 6.07) is 1.91. The Labute approximate surface area is 336 Å². The number of hydrogen-bond acceptors (Lipinski definition) is 13. The number of aromatic nitrogens is 1. The predicted molar refractivity (Wildman–Crippen MR) is 148 cm³/mol. The number of hydrogen-bond donors (Lipinski definition) is 2. The third kappa shape index (κ3) is 15.4. The molecule has 3 aliphatic heterocycles. The van der Waals surface area contributed by atoms with E-state index in [2.05, 4.69) is 4.98 Å². The van der Waals surface area contributed by atoms with Crippen molar-refractivity contribution in [2.45, 2.75) is 101 Å². The summed E-state index contributed by atoms with van der Waals surface area (Å²) in [5, 5.41) is 9.96. The molecule has 3 fully saturated rings. The van der Waals surface area contributed by atoms with Crippen molar-refractivity contribution in [2.75, 3.05) is 26.4 Å². The molecule has 0 bridgehead atoms. The average Bonchev–Trinajstić information content (AvgIpc) is 3.69. The minimum atomic E-state index is -2.96. The third-order valence-corrected chi connectivity index (χ3v) is 9.68. The zero-order valence-electron chi connectivity index (χ0n) is 25.2. The van der Waals surface area contributed by atoms with E-state index in [1.165, 1.54) is 0 Å². The molecule has 14 nitrogen and oxygen atoms in total. The predicted octanol–water partition coefficient (Wildman–Crippen LogP) is 3.45. The van der Waals surface area contributed by atoms with Crippen LogP contribution in [-0.4, -0.2) is 91.5 Å². The van der Waals surface area contributed by atoms with Gasteiger partial charge in [-0.15, -0.1) is 0 Å². The van der Waals surface area contributed by atoms with Gasteiger partial charge in [-0.2, -0.15) is 0 Å². The normalized spacial score (nSPS) is 33.6. The van der Waals surface area contributed by atoms with Crippen molar-refractivity contribution in [1.82, 2.24) is 4.98 Å². The summed E-state index contributed by atoms with van der Waals surface area (Å²) in [6.07, 6.45) is 1.58. The summed E-state index contributed by atoms with van der Waals surface area (Å²) < 4.78 is 87.0. The van der Waals surface area contributed by atoms with Gasteiger partial charge in [-0.1, -0.05) is 0 Å². The molecule has 0 amide bonds. The van der Waals surface area contributed by atoms with Gasteiger partial charge >= 0.3 is 24.8 Å². The Balaban J connectivity index is 0.00000323. The van der Waals surface area contributed by atoms with E-state index in [0.717, 1.165) is 5.56 Å². The first kappa shape index (κ1) is 44.9. The van der Waals surface area contributed by atoms with Crippen molar-refractivity contribution in [3.05, 3.63) is 24.0 Å². The summed E-state index contributed by atoms with van der Waals surface area (Å²) >= 11 is 0. The van der Waals surface area contributed by atoms with Crippen molar-refractivity contribution in [3.8, 4) is 0 Å². The molecular weight excluding hydrogens is 870 g/mol. The maximum atomic E-state index is 12.7. The topological polar surface area (TPSA) is 170 Å². The van der Waals surface area contributed by atoms with Crippen molar-refractivity contribution in [3.63, 3.8) is 0 Å². The molecule has 4 rings (SSSR count). The SMILES string of the molecule is C[C@H]1C[C@@H](O)[C@@H](CO[PH](=O)O[C@@H]2C[C@H](C)O[C@@H]2CO[PH](=O)O[C@@H]2C[C@H](C)O[C@@H]2CO[PH](=O)OCCc2cc[nH]c2)O1.[Y].[Y].[Y]. The minimum absolute atomic E-state index is 0. The molecule has 0 aliphatic carbocycles. The number of rotatable bonds is 17. The van der Waals surface area contributed by atoms with Crippen LogP contribution in [0, 0.1) is 0 Å². The molecule has 1 aromatic heterocycles. The van der Waals surface area contributed by atoms with Crippen molar-refractivity contribution in [1.29, 1.82) is 0 Å². The van der Waals surface area contributed by atoms with Crippen LogP contribution in [-0.2, 0) is 160 Å². The summed E-state index contributed by atoms with van der Waals surface area (Å²) in [5.41, 5.74) is 1.04. The molecule has 4 heterocycles. The largest absolute Gasteiger partial charge is 0.390 e. The maximum Gasteiger partial charge on any atom is 0.319 e. The van der Waals surface area contributed by atoms with Crippen LogP contribution in [0.2, 0.25) is 0 Å². The van der Waals surface area contributed by atoms with Gasteiger partial charge < -0.3 is 51.4 Å². The first-order valence-electron chi connectivity index (χ1n) is 13.9. The van der Waals surface area contributed by atoms with E-state index in [0.29, 0.717) is 25.7 Å². The third-order valence-electron chi connectivity index (χ3n) is 7.05. The van der Waals surface area contributed by atoms with Gasteiger partial charge in [0.15, 0.2) is 0 Å². The number of ether oxygens (including phenoxy) is 3. The number of aromatic amines is 1. The molecule has 44 heavy (non-hydrogen) atoms. The summed E-state index contributed by atoms with van der Waals surface area (Å²) in [5.74, 6) is 0. The molecule has 2 N–H and O–H groups in total. The molecule has 245 valence electrons. The molecule has 12 atom stereocenters. The summed E-state index contributed by atoms with van der Waals surface area (Å²) in [4.78, 5) is 2.95. The molecule has 0 aromatic carbocycles. The van der Waals surface area contributed by atoms with Gasteiger partial charge in [0.1, 0.15) is 18.3 Å². The van der Waals surface area contributed by atoms with Crippen LogP contribution < -0.4 is 0 Å². The number of aliphatic hydroxyl groups excluding tert-OH is 1. The Morgan fingerprint density at radius 3 is 1.70 bits per heavy atom. The van der Waals surface area contributed by atoms with Gasteiger partial charge in [-0.25, -0.2) is 0 Å². The van der Waals surface area contributed by atoms with Gasteiger partial charge in [0.05, 0.1) is 63.1 Å². The molecule has 3 saturated heterocycles. The van der Waals surface area contributed by atoms with Crippen LogP contribution in [0.4, 0.5) is 0 Å². The molecule has 0 spiro atoms. The second-order valence-corrected chi connectivity index (χ2v) is 13.7. The van der Waals surface area contributed by atoms with Crippen molar-refractivity contribution < 1.29 is 158 Å². The molecule has 1 aromatic rings. The molecule has 0 saturated carbocycles. The fraction of sp³-hybridized carbons (Fsp3) is 0.833. The number of H-pyrrole nitrogens is 1. The minimum Gasteiger partial charge on any atom is -0.390 e.